The van der Waals surface area contributed by atoms with Crippen LogP contribution in [0.5, 0.6) is 0 Å². The van der Waals surface area contributed by atoms with E-state index in [9.17, 15) is 14.4 Å². The quantitative estimate of drug-likeness (QED) is 0.592. The minimum absolute atomic E-state index is 0.0151. The molecule has 3 rings (SSSR count). The molecule has 134 valence electrons. The lowest BCUT2D eigenvalue weighted by atomic mass is 10.2. The molecule has 3 aromatic rings. The van der Waals surface area contributed by atoms with E-state index in [2.05, 4.69) is 10.4 Å². The van der Waals surface area contributed by atoms with E-state index in [1.807, 2.05) is 0 Å². The van der Waals surface area contributed by atoms with Crippen LogP contribution in [0.2, 0.25) is 10.0 Å². The Labute approximate surface area is 157 Å². The van der Waals surface area contributed by atoms with Crippen molar-refractivity contribution in [2.75, 3.05) is 11.1 Å². The molecule has 7 nitrogen and oxygen atoms in total. The number of nitrogens with one attached hydrogen (secondary N) is 2. The molecule has 0 radical (unpaired) electrons. The SMILES string of the molecule is Nc1c(Cl)cc(NC(=O)CCn2[nH]c(=O)c3ccccc3c2=O)cc1Cl. The number of nitrogens with zero attached hydrogens (tertiary/aromatic N) is 1. The van der Waals surface area contributed by atoms with Crippen LogP contribution in [0.15, 0.2) is 46.0 Å². The first-order valence-electron chi connectivity index (χ1n) is 7.63. The molecule has 0 saturated carbocycles. The maximum Gasteiger partial charge on any atom is 0.273 e. The van der Waals surface area contributed by atoms with Crippen LogP contribution in [0.4, 0.5) is 11.4 Å². The van der Waals surface area contributed by atoms with Gasteiger partial charge >= 0.3 is 0 Å². The number of aryl methyl sites for hydroxylation is 1. The average molecular weight is 393 g/mol. The largest absolute Gasteiger partial charge is 0.396 e. The van der Waals surface area contributed by atoms with E-state index >= 15 is 0 Å². The third-order valence-electron chi connectivity index (χ3n) is 3.81. The minimum Gasteiger partial charge on any atom is -0.396 e. The standard InChI is InChI=1S/C17H14Cl2N4O3/c18-12-7-9(8-13(19)15(12)20)21-14(24)5-6-23-17(26)11-4-2-1-3-10(11)16(25)22-23/h1-4,7-8H,5-6,20H2,(H,21,24)(H,22,25). The normalized spacial score (nSPS) is 10.8. The van der Waals surface area contributed by atoms with Crippen LogP contribution in [0, 0.1) is 0 Å². The molecule has 1 heterocycles. The van der Waals surface area contributed by atoms with Crippen molar-refractivity contribution in [3.63, 3.8) is 0 Å². The summed E-state index contributed by atoms with van der Waals surface area (Å²) < 4.78 is 1.12. The van der Waals surface area contributed by atoms with Crippen molar-refractivity contribution < 1.29 is 4.79 Å². The van der Waals surface area contributed by atoms with Crippen molar-refractivity contribution in [3.8, 4) is 0 Å². The summed E-state index contributed by atoms with van der Waals surface area (Å²) in [5.41, 5.74) is 5.50. The predicted molar refractivity (Wildman–Crippen MR) is 103 cm³/mol. The van der Waals surface area contributed by atoms with Gasteiger partial charge in [0.1, 0.15) is 0 Å². The fourth-order valence-electron chi connectivity index (χ4n) is 2.50. The Kier molecular flexibility index (Phi) is 5.01. The molecule has 0 fully saturated rings. The third kappa shape index (κ3) is 3.58. The summed E-state index contributed by atoms with van der Waals surface area (Å²) in [6.45, 7) is 0.0151. The molecule has 2 aromatic carbocycles. The van der Waals surface area contributed by atoms with Gasteiger partial charge in [0.15, 0.2) is 0 Å². The molecule has 1 amide bonds. The first-order valence-corrected chi connectivity index (χ1v) is 8.38. The molecule has 26 heavy (non-hydrogen) atoms. The van der Waals surface area contributed by atoms with Crippen molar-refractivity contribution in [2.24, 2.45) is 0 Å². The van der Waals surface area contributed by atoms with E-state index in [-0.39, 0.29) is 40.2 Å². The highest BCUT2D eigenvalue weighted by Crippen LogP contribution is 2.31. The van der Waals surface area contributed by atoms with Crippen LogP contribution in [-0.2, 0) is 11.3 Å². The number of carbonyl (C=O) groups is 1. The molecule has 0 bridgehead atoms. The Bertz CT molecular complexity index is 1100. The van der Waals surface area contributed by atoms with Crippen molar-refractivity contribution in [1.29, 1.82) is 0 Å². The summed E-state index contributed by atoms with van der Waals surface area (Å²) in [6.07, 6.45) is -0.0339. The number of hydrogen-bond donors (Lipinski definition) is 3. The van der Waals surface area contributed by atoms with Gasteiger partial charge in [-0.15, -0.1) is 0 Å². The number of fused-ring (bicyclic) bond motifs is 1. The summed E-state index contributed by atoms with van der Waals surface area (Å²) in [4.78, 5) is 36.5. The number of amides is 1. The Morgan fingerprint density at radius 2 is 1.73 bits per heavy atom. The molecule has 4 N–H and O–H groups in total. The number of halogens is 2. The summed E-state index contributed by atoms with van der Waals surface area (Å²) in [5, 5.41) is 6.15. The Morgan fingerprint density at radius 1 is 1.12 bits per heavy atom. The fourth-order valence-corrected chi connectivity index (χ4v) is 2.98. The first-order chi connectivity index (χ1) is 12.4. The van der Waals surface area contributed by atoms with E-state index in [4.69, 9.17) is 28.9 Å². The van der Waals surface area contributed by atoms with Gasteiger partial charge in [0, 0.05) is 12.1 Å². The van der Waals surface area contributed by atoms with Gasteiger partial charge in [-0.25, -0.2) is 4.68 Å². The number of H-pyrrole nitrogens is 1. The lowest BCUT2D eigenvalue weighted by Gasteiger charge is -2.10. The number of aromatic amines is 1. The Morgan fingerprint density at radius 3 is 2.38 bits per heavy atom. The average Bonchev–Trinajstić information content (AvgIpc) is 2.61. The molecule has 9 heteroatoms. The van der Waals surface area contributed by atoms with Gasteiger partial charge in [-0.3, -0.25) is 19.5 Å². The Hall–Kier alpha value is -2.77. The zero-order valence-electron chi connectivity index (χ0n) is 13.4. The molecule has 0 unspecified atom stereocenters. The van der Waals surface area contributed by atoms with Gasteiger partial charge in [0.2, 0.25) is 5.91 Å². The predicted octanol–water partition coefficient (Wildman–Crippen LogP) is 2.61. The summed E-state index contributed by atoms with van der Waals surface area (Å²) in [5.74, 6) is -0.372. The smallest absolute Gasteiger partial charge is 0.273 e. The number of benzene rings is 2. The topological polar surface area (TPSA) is 110 Å². The number of anilines is 2. The van der Waals surface area contributed by atoms with E-state index in [1.54, 1.807) is 24.3 Å². The lowest BCUT2D eigenvalue weighted by Crippen LogP contribution is -2.31. The van der Waals surface area contributed by atoms with Gasteiger partial charge in [0.25, 0.3) is 11.1 Å². The van der Waals surface area contributed by atoms with Crippen molar-refractivity contribution >= 4 is 51.3 Å². The van der Waals surface area contributed by atoms with E-state index in [0.29, 0.717) is 16.5 Å². The molecule has 1 aromatic heterocycles. The maximum absolute atomic E-state index is 12.4. The van der Waals surface area contributed by atoms with E-state index in [0.717, 1.165) is 4.68 Å². The Balaban J connectivity index is 1.76. The van der Waals surface area contributed by atoms with Crippen LogP contribution < -0.4 is 22.2 Å². The van der Waals surface area contributed by atoms with Gasteiger partial charge < -0.3 is 11.1 Å². The summed E-state index contributed by atoms with van der Waals surface area (Å²) in [6, 6.07) is 9.45. The van der Waals surface area contributed by atoms with E-state index < -0.39 is 5.56 Å². The van der Waals surface area contributed by atoms with Gasteiger partial charge in [0.05, 0.1) is 33.0 Å². The lowest BCUT2D eigenvalue weighted by molar-refractivity contribution is -0.116. The van der Waals surface area contributed by atoms with Crippen molar-refractivity contribution in [2.45, 2.75) is 13.0 Å². The number of nitrogen functional groups attached to an aromatic ring is 1. The number of carbonyl (C=O) groups excluding carboxylic acids is 1. The van der Waals surface area contributed by atoms with Crippen LogP contribution >= 0.6 is 23.2 Å². The minimum atomic E-state index is -0.391. The second-order valence-electron chi connectivity index (χ2n) is 5.60. The summed E-state index contributed by atoms with van der Waals surface area (Å²) >= 11 is 11.8. The third-order valence-corrected chi connectivity index (χ3v) is 4.43. The second-order valence-corrected chi connectivity index (χ2v) is 6.41. The fraction of sp³-hybridized carbons (Fsp3) is 0.118. The number of rotatable bonds is 4. The van der Waals surface area contributed by atoms with Crippen LogP contribution in [0.3, 0.4) is 0 Å². The van der Waals surface area contributed by atoms with Crippen LogP contribution in [0.25, 0.3) is 10.8 Å². The molecule has 0 saturated heterocycles. The highest BCUT2D eigenvalue weighted by molar-refractivity contribution is 6.39. The number of aromatic nitrogens is 2. The molecule has 0 aliphatic rings. The second kappa shape index (κ2) is 7.23. The highest BCUT2D eigenvalue weighted by atomic mass is 35.5. The van der Waals surface area contributed by atoms with Crippen LogP contribution in [0.1, 0.15) is 6.42 Å². The first kappa shape index (κ1) is 18.0. The molecule has 0 aliphatic carbocycles. The van der Waals surface area contributed by atoms with Crippen LogP contribution in [-0.4, -0.2) is 15.7 Å². The zero-order chi connectivity index (χ0) is 18.8. The van der Waals surface area contributed by atoms with Gasteiger partial charge in [-0.1, -0.05) is 35.3 Å². The molecule has 0 atom stereocenters. The molecule has 0 aliphatic heterocycles. The number of hydrogen-bond acceptors (Lipinski definition) is 4. The monoisotopic (exact) mass is 392 g/mol. The molecular formula is C17H14Cl2N4O3. The number of nitrogens with two attached hydrogens (primary N) is 1. The highest BCUT2D eigenvalue weighted by Gasteiger charge is 2.10. The van der Waals surface area contributed by atoms with Gasteiger partial charge in [-0.05, 0) is 24.3 Å². The molecular weight excluding hydrogens is 379 g/mol. The zero-order valence-corrected chi connectivity index (χ0v) is 14.9. The van der Waals surface area contributed by atoms with E-state index in [1.165, 1.54) is 12.1 Å². The van der Waals surface area contributed by atoms with Gasteiger partial charge in [-0.2, -0.15) is 0 Å². The molecule has 0 spiro atoms. The summed E-state index contributed by atoms with van der Waals surface area (Å²) in [7, 11) is 0. The maximum atomic E-state index is 12.4. The van der Waals surface area contributed by atoms with Crippen molar-refractivity contribution in [3.05, 3.63) is 67.2 Å². The van der Waals surface area contributed by atoms with Crippen molar-refractivity contribution in [1.82, 2.24) is 9.78 Å².